The lowest BCUT2D eigenvalue weighted by Crippen LogP contribution is -2.38. The predicted octanol–water partition coefficient (Wildman–Crippen LogP) is 2.94. The summed E-state index contributed by atoms with van der Waals surface area (Å²) < 4.78 is 0.945. The molecule has 0 aliphatic heterocycles. The molecule has 0 aliphatic carbocycles. The first-order chi connectivity index (χ1) is 8.15. The van der Waals surface area contributed by atoms with Crippen molar-refractivity contribution in [2.24, 2.45) is 0 Å². The van der Waals surface area contributed by atoms with Crippen LogP contribution in [-0.2, 0) is 4.79 Å². The molecule has 1 rings (SSSR count). The number of anilines is 1. The maximum absolute atomic E-state index is 11.5. The first-order valence-corrected chi connectivity index (χ1v) is 6.23. The average Bonchev–Trinajstić information content (AvgIpc) is 2.31. The third-order valence-corrected chi connectivity index (χ3v) is 2.71. The lowest BCUT2D eigenvalue weighted by atomic mass is 10.2. The number of carbonyl (C=O) groups is 2. The summed E-state index contributed by atoms with van der Waals surface area (Å²) in [4.78, 5) is 22.2. The van der Waals surface area contributed by atoms with Crippen molar-refractivity contribution in [3.63, 3.8) is 0 Å². The highest BCUT2D eigenvalue weighted by Gasteiger charge is 2.09. The summed E-state index contributed by atoms with van der Waals surface area (Å²) >= 11 is 3.31. The molecule has 0 spiro atoms. The van der Waals surface area contributed by atoms with E-state index in [4.69, 9.17) is 0 Å². The van der Waals surface area contributed by atoms with Crippen molar-refractivity contribution >= 4 is 33.9 Å². The molecule has 1 atom stereocenters. The van der Waals surface area contributed by atoms with Crippen LogP contribution >= 0.6 is 15.9 Å². The van der Waals surface area contributed by atoms with Crippen LogP contribution in [0.4, 0.5) is 10.5 Å². The van der Waals surface area contributed by atoms with Gasteiger partial charge < -0.3 is 15.4 Å². The first-order valence-electron chi connectivity index (χ1n) is 5.44. The molecule has 5 heteroatoms. The van der Waals surface area contributed by atoms with Crippen LogP contribution in [-0.4, -0.2) is 18.4 Å². The van der Waals surface area contributed by atoms with Gasteiger partial charge in [-0.1, -0.05) is 29.3 Å². The zero-order valence-electron chi connectivity index (χ0n) is 9.57. The highest BCUT2D eigenvalue weighted by Crippen LogP contribution is 2.13. The van der Waals surface area contributed by atoms with E-state index in [1.807, 2.05) is 19.1 Å². The number of hydrogen-bond donors (Lipinski definition) is 2. The fourth-order valence-electron chi connectivity index (χ4n) is 1.35. The lowest BCUT2D eigenvalue weighted by molar-refractivity contribution is -0.109. The van der Waals surface area contributed by atoms with E-state index in [-0.39, 0.29) is 6.03 Å². The van der Waals surface area contributed by atoms with Crippen LogP contribution in [0.15, 0.2) is 28.7 Å². The van der Waals surface area contributed by atoms with Gasteiger partial charge in [-0.25, -0.2) is 4.79 Å². The number of carbonyl (C=O) groups excluding carboxylic acids is 2. The molecule has 0 aromatic heterocycles. The molecule has 1 aromatic carbocycles. The van der Waals surface area contributed by atoms with Crippen LogP contribution in [0.1, 0.15) is 19.8 Å². The van der Waals surface area contributed by atoms with Crippen LogP contribution in [0.5, 0.6) is 0 Å². The highest BCUT2D eigenvalue weighted by molar-refractivity contribution is 9.10. The number of halogens is 1. The molecular formula is C12H15BrN2O2. The maximum Gasteiger partial charge on any atom is 0.319 e. The molecular weight excluding hydrogens is 284 g/mol. The second kappa shape index (κ2) is 7.06. The summed E-state index contributed by atoms with van der Waals surface area (Å²) in [6, 6.07) is 6.43. The lowest BCUT2D eigenvalue weighted by Gasteiger charge is -2.12. The summed E-state index contributed by atoms with van der Waals surface area (Å²) in [6.45, 7) is 1.96. The van der Waals surface area contributed by atoms with Crippen molar-refractivity contribution in [1.29, 1.82) is 0 Å². The van der Waals surface area contributed by atoms with Gasteiger partial charge in [-0.15, -0.1) is 0 Å². The Hall–Kier alpha value is -1.36. The molecule has 0 heterocycles. The SMILES string of the molecule is CCC[C@@H](C=O)NC(=O)Nc1ccc(Br)cc1. The summed E-state index contributed by atoms with van der Waals surface area (Å²) in [5.41, 5.74) is 0.687. The molecule has 2 N–H and O–H groups in total. The van der Waals surface area contributed by atoms with E-state index < -0.39 is 6.04 Å². The molecule has 0 saturated carbocycles. The van der Waals surface area contributed by atoms with Crippen LogP contribution in [0.25, 0.3) is 0 Å². The summed E-state index contributed by atoms with van der Waals surface area (Å²) in [7, 11) is 0. The molecule has 92 valence electrons. The molecule has 0 aliphatic rings. The van der Waals surface area contributed by atoms with Crippen molar-refractivity contribution < 1.29 is 9.59 Å². The number of urea groups is 1. The van der Waals surface area contributed by atoms with Crippen LogP contribution in [0.2, 0.25) is 0 Å². The minimum absolute atomic E-state index is 0.363. The van der Waals surface area contributed by atoms with Gasteiger partial charge in [-0.05, 0) is 30.7 Å². The number of amides is 2. The fraction of sp³-hybridized carbons (Fsp3) is 0.333. The fourth-order valence-corrected chi connectivity index (χ4v) is 1.62. The number of hydrogen-bond acceptors (Lipinski definition) is 2. The zero-order chi connectivity index (χ0) is 12.7. The van der Waals surface area contributed by atoms with Gasteiger partial charge in [-0.2, -0.15) is 0 Å². The third kappa shape index (κ3) is 4.99. The Morgan fingerprint density at radius 1 is 1.41 bits per heavy atom. The molecule has 0 radical (unpaired) electrons. The quantitative estimate of drug-likeness (QED) is 0.821. The van der Waals surface area contributed by atoms with Crippen molar-refractivity contribution in [2.45, 2.75) is 25.8 Å². The number of aldehydes is 1. The minimum atomic E-state index is -0.421. The second-order valence-electron chi connectivity index (χ2n) is 3.64. The summed E-state index contributed by atoms with van der Waals surface area (Å²) in [5, 5.41) is 5.26. The van der Waals surface area contributed by atoms with Crippen molar-refractivity contribution in [3.8, 4) is 0 Å². The standard InChI is InChI=1S/C12H15BrN2O2/c1-2-3-11(8-16)15-12(17)14-10-6-4-9(13)5-7-10/h4-8,11H,2-3H2,1H3,(H2,14,15,17)/t11-/m0/s1. The topological polar surface area (TPSA) is 58.2 Å². The predicted molar refractivity (Wildman–Crippen MR) is 71.1 cm³/mol. The summed E-state index contributed by atoms with van der Waals surface area (Å²) in [5.74, 6) is 0. The molecule has 17 heavy (non-hydrogen) atoms. The van der Waals surface area contributed by atoms with Crippen molar-refractivity contribution in [3.05, 3.63) is 28.7 Å². The van der Waals surface area contributed by atoms with Crippen LogP contribution < -0.4 is 10.6 Å². The molecule has 4 nitrogen and oxygen atoms in total. The monoisotopic (exact) mass is 298 g/mol. The Kier molecular flexibility index (Phi) is 5.69. The van der Waals surface area contributed by atoms with Crippen LogP contribution in [0.3, 0.4) is 0 Å². The van der Waals surface area contributed by atoms with E-state index in [0.29, 0.717) is 12.1 Å². The Bertz CT molecular complexity index is 379. The van der Waals surface area contributed by atoms with Gasteiger partial charge in [0.1, 0.15) is 6.29 Å². The first kappa shape index (κ1) is 13.7. The Morgan fingerprint density at radius 2 is 2.06 bits per heavy atom. The van der Waals surface area contributed by atoms with E-state index in [1.54, 1.807) is 12.1 Å². The van der Waals surface area contributed by atoms with E-state index >= 15 is 0 Å². The zero-order valence-corrected chi connectivity index (χ0v) is 11.2. The summed E-state index contributed by atoms with van der Waals surface area (Å²) in [6.07, 6.45) is 2.25. The van der Waals surface area contributed by atoms with Crippen LogP contribution in [0, 0.1) is 0 Å². The third-order valence-electron chi connectivity index (χ3n) is 2.18. The van der Waals surface area contributed by atoms with Crippen molar-refractivity contribution in [1.82, 2.24) is 5.32 Å². The number of rotatable bonds is 5. The second-order valence-corrected chi connectivity index (χ2v) is 4.55. The number of nitrogens with one attached hydrogen (secondary N) is 2. The smallest absolute Gasteiger partial charge is 0.319 e. The van der Waals surface area contributed by atoms with Gasteiger partial charge in [0.2, 0.25) is 0 Å². The number of benzene rings is 1. The van der Waals surface area contributed by atoms with E-state index in [9.17, 15) is 9.59 Å². The average molecular weight is 299 g/mol. The largest absolute Gasteiger partial charge is 0.328 e. The van der Waals surface area contributed by atoms with Gasteiger partial charge in [0, 0.05) is 10.2 Å². The molecule has 0 fully saturated rings. The molecule has 0 bridgehead atoms. The minimum Gasteiger partial charge on any atom is -0.328 e. The molecule has 1 aromatic rings. The molecule has 0 unspecified atom stereocenters. The normalized spacial score (nSPS) is 11.6. The maximum atomic E-state index is 11.5. The van der Waals surface area contributed by atoms with Gasteiger partial charge in [0.15, 0.2) is 0 Å². The van der Waals surface area contributed by atoms with E-state index in [0.717, 1.165) is 17.2 Å². The van der Waals surface area contributed by atoms with Gasteiger partial charge in [-0.3, -0.25) is 0 Å². The Labute approximate surface area is 109 Å². The Morgan fingerprint density at radius 3 is 2.59 bits per heavy atom. The van der Waals surface area contributed by atoms with Gasteiger partial charge in [0.05, 0.1) is 6.04 Å². The van der Waals surface area contributed by atoms with Gasteiger partial charge >= 0.3 is 6.03 Å². The Balaban J connectivity index is 2.48. The van der Waals surface area contributed by atoms with Gasteiger partial charge in [0.25, 0.3) is 0 Å². The van der Waals surface area contributed by atoms with E-state index in [1.165, 1.54) is 0 Å². The van der Waals surface area contributed by atoms with Crippen molar-refractivity contribution in [2.75, 3.05) is 5.32 Å². The van der Waals surface area contributed by atoms with E-state index in [2.05, 4.69) is 26.6 Å². The highest BCUT2D eigenvalue weighted by atomic mass is 79.9. The molecule has 2 amide bonds. The molecule has 0 saturated heterocycles.